The normalized spacial score (nSPS) is 20.8. The van der Waals surface area contributed by atoms with Crippen LogP contribution in [0.15, 0.2) is 24.3 Å². The zero-order valence-electron chi connectivity index (χ0n) is 10.0. The smallest absolute Gasteiger partial charge is 0.269 e. The van der Waals surface area contributed by atoms with Gasteiger partial charge in [-0.1, -0.05) is 12.1 Å². The van der Waals surface area contributed by atoms with Crippen LogP contribution < -0.4 is 5.32 Å². The lowest BCUT2D eigenvalue weighted by Gasteiger charge is -2.28. The van der Waals surface area contributed by atoms with Gasteiger partial charge in [-0.15, -0.1) is 0 Å². The zero-order valence-corrected chi connectivity index (χ0v) is 10.8. The van der Waals surface area contributed by atoms with E-state index in [0.717, 1.165) is 31.5 Å². The minimum atomic E-state index is -0.385. The lowest BCUT2D eigenvalue weighted by Crippen LogP contribution is -2.41. The Bertz CT molecular complexity index is 410. The third-order valence-corrected chi connectivity index (χ3v) is 3.42. The highest BCUT2D eigenvalue weighted by atomic mass is 35.5. The topological polar surface area (TPSA) is 58.4 Å². The van der Waals surface area contributed by atoms with Crippen LogP contribution in [0.4, 0.5) is 5.69 Å². The molecule has 0 bridgehead atoms. The standard InChI is InChI=1S/C12H16ClN3O2/c13-15-7-1-2-11(9-15)14-8-10-3-5-12(6-4-10)16(17)18/h3-6,11,14H,1-2,7-9H2/t11-/m1/s1. The highest BCUT2D eigenvalue weighted by molar-refractivity contribution is 6.13. The van der Waals surface area contributed by atoms with Crippen LogP contribution in [0, 0.1) is 10.1 Å². The van der Waals surface area contributed by atoms with Gasteiger partial charge in [0.1, 0.15) is 0 Å². The summed E-state index contributed by atoms with van der Waals surface area (Å²) in [4.78, 5) is 10.1. The van der Waals surface area contributed by atoms with Crippen LogP contribution in [-0.2, 0) is 6.54 Å². The van der Waals surface area contributed by atoms with Crippen molar-refractivity contribution in [2.75, 3.05) is 13.1 Å². The van der Waals surface area contributed by atoms with Crippen molar-refractivity contribution in [1.29, 1.82) is 0 Å². The summed E-state index contributed by atoms with van der Waals surface area (Å²) in [6, 6.07) is 7.03. The predicted octanol–water partition coefficient (Wildman–Crippen LogP) is 2.30. The highest BCUT2D eigenvalue weighted by Gasteiger charge is 2.17. The number of nitrogens with zero attached hydrogens (tertiary/aromatic N) is 2. The highest BCUT2D eigenvalue weighted by Crippen LogP contribution is 2.14. The average Bonchev–Trinajstić information content (AvgIpc) is 2.37. The number of halogens is 1. The van der Waals surface area contributed by atoms with Crippen LogP contribution in [-0.4, -0.2) is 28.5 Å². The van der Waals surface area contributed by atoms with E-state index in [0.29, 0.717) is 12.6 Å². The third kappa shape index (κ3) is 3.66. The molecule has 1 aliphatic heterocycles. The van der Waals surface area contributed by atoms with Gasteiger partial charge in [0, 0.05) is 37.8 Å². The first-order valence-corrected chi connectivity index (χ1v) is 6.36. The molecule has 1 saturated heterocycles. The molecule has 0 saturated carbocycles. The van der Waals surface area contributed by atoms with Crippen molar-refractivity contribution >= 4 is 17.5 Å². The molecule has 0 unspecified atom stereocenters. The first-order chi connectivity index (χ1) is 8.65. The van der Waals surface area contributed by atoms with Crippen molar-refractivity contribution in [3.8, 4) is 0 Å². The molecular weight excluding hydrogens is 254 g/mol. The summed E-state index contributed by atoms with van der Waals surface area (Å²) >= 11 is 5.97. The van der Waals surface area contributed by atoms with Gasteiger partial charge in [-0.05, 0) is 30.2 Å². The lowest BCUT2D eigenvalue weighted by atomic mass is 10.1. The molecule has 1 aliphatic rings. The van der Waals surface area contributed by atoms with Crippen molar-refractivity contribution in [1.82, 2.24) is 9.74 Å². The minimum Gasteiger partial charge on any atom is -0.309 e. The molecule has 0 aromatic heterocycles. The average molecular weight is 270 g/mol. The fraction of sp³-hybridized carbons (Fsp3) is 0.500. The molecule has 98 valence electrons. The molecule has 1 aromatic carbocycles. The molecule has 1 atom stereocenters. The number of hydrogen-bond acceptors (Lipinski definition) is 4. The maximum Gasteiger partial charge on any atom is 0.269 e. The molecular formula is C12H16ClN3O2. The molecule has 1 heterocycles. The van der Waals surface area contributed by atoms with E-state index in [2.05, 4.69) is 5.32 Å². The van der Waals surface area contributed by atoms with Crippen molar-refractivity contribution < 1.29 is 4.92 Å². The molecule has 6 heteroatoms. The number of nitro groups is 1. The van der Waals surface area contributed by atoms with Gasteiger partial charge in [-0.25, -0.2) is 4.42 Å². The molecule has 1 N–H and O–H groups in total. The summed E-state index contributed by atoms with van der Waals surface area (Å²) in [7, 11) is 0. The van der Waals surface area contributed by atoms with Gasteiger partial charge in [-0.3, -0.25) is 10.1 Å². The van der Waals surface area contributed by atoms with Crippen LogP contribution in [0.25, 0.3) is 0 Å². The predicted molar refractivity (Wildman–Crippen MR) is 70.4 cm³/mol. The van der Waals surface area contributed by atoms with Crippen molar-refractivity contribution in [2.45, 2.75) is 25.4 Å². The van der Waals surface area contributed by atoms with Gasteiger partial charge in [0.15, 0.2) is 0 Å². The van der Waals surface area contributed by atoms with Crippen LogP contribution in [0.3, 0.4) is 0 Å². The van der Waals surface area contributed by atoms with Gasteiger partial charge in [0.2, 0.25) is 0 Å². The molecule has 0 radical (unpaired) electrons. The van der Waals surface area contributed by atoms with Crippen LogP contribution in [0.5, 0.6) is 0 Å². The second kappa shape index (κ2) is 6.13. The number of piperidine rings is 1. The monoisotopic (exact) mass is 269 g/mol. The number of hydrogen-bond donors (Lipinski definition) is 1. The van der Waals surface area contributed by atoms with Crippen molar-refractivity contribution in [3.63, 3.8) is 0 Å². The maximum atomic E-state index is 10.5. The summed E-state index contributed by atoms with van der Waals surface area (Å²) in [6.07, 6.45) is 2.22. The quantitative estimate of drug-likeness (QED) is 0.518. The van der Waals surface area contributed by atoms with Crippen LogP contribution in [0.2, 0.25) is 0 Å². The summed E-state index contributed by atoms with van der Waals surface area (Å²) in [5.74, 6) is 0. The summed E-state index contributed by atoms with van der Waals surface area (Å²) < 4.78 is 1.80. The van der Waals surface area contributed by atoms with Gasteiger partial charge in [-0.2, -0.15) is 0 Å². The summed E-state index contributed by atoms with van der Waals surface area (Å²) in [6.45, 7) is 2.50. The lowest BCUT2D eigenvalue weighted by molar-refractivity contribution is -0.384. The Morgan fingerprint density at radius 1 is 1.44 bits per heavy atom. The second-order valence-electron chi connectivity index (χ2n) is 4.51. The van der Waals surface area contributed by atoms with E-state index in [1.54, 1.807) is 16.6 Å². The minimum absolute atomic E-state index is 0.128. The van der Waals surface area contributed by atoms with E-state index in [1.807, 2.05) is 0 Å². The Morgan fingerprint density at radius 3 is 2.78 bits per heavy atom. The fourth-order valence-electron chi connectivity index (χ4n) is 2.10. The van der Waals surface area contributed by atoms with E-state index in [-0.39, 0.29) is 10.6 Å². The van der Waals surface area contributed by atoms with E-state index in [9.17, 15) is 10.1 Å². The number of nitrogens with one attached hydrogen (secondary N) is 1. The fourth-order valence-corrected chi connectivity index (χ4v) is 2.38. The van der Waals surface area contributed by atoms with Gasteiger partial charge >= 0.3 is 0 Å². The molecule has 2 rings (SSSR count). The first kappa shape index (κ1) is 13.3. The van der Waals surface area contributed by atoms with Crippen LogP contribution in [0.1, 0.15) is 18.4 Å². The molecule has 5 nitrogen and oxygen atoms in total. The molecule has 18 heavy (non-hydrogen) atoms. The Labute approximate surface area is 111 Å². The number of non-ortho nitro benzene ring substituents is 1. The van der Waals surface area contributed by atoms with E-state index >= 15 is 0 Å². The molecule has 0 aliphatic carbocycles. The van der Waals surface area contributed by atoms with E-state index in [4.69, 9.17) is 11.8 Å². The Hall–Kier alpha value is -1.17. The molecule has 0 amide bonds. The van der Waals surface area contributed by atoms with Gasteiger partial charge < -0.3 is 5.32 Å². The number of benzene rings is 1. The first-order valence-electron chi connectivity index (χ1n) is 6.02. The molecule has 1 aromatic rings. The third-order valence-electron chi connectivity index (χ3n) is 3.11. The number of nitro benzene ring substituents is 1. The zero-order chi connectivity index (χ0) is 13.0. The molecule has 0 spiro atoms. The summed E-state index contributed by atoms with van der Waals surface area (Å²) in [5.41, 5.74) is 1.18. The largest absolute Gasteiger partial charge is 0.309 e. The maximum absolute atomic E-state index is 10.5. The second-order valence-corrected chi connectivity index (χ2v) is 4.99. The van der Waals surface area contributed by atoms with Gasteiger partial charge in [0.25, 0.3) is 5.69 Å². The SMILES string of the molecule is O=[N+]([O-])c1ccc(CN[C@@H]2CCCN(Cl)C2)cc1. The Morgan fingerprint density at radius 2 is 2.17 bits per heavy atom. The molecule has 1 fully saturated rings. The van der Waals surface area contributed by atoms with E-state index in [1.165, 1.54) is 12.1 Å². The summed E-state index contributed by atoms with van der Waals surface area (Å²) in [5, 5.41) is 13.9. The van der Waals surface area contributed by atoms with Crippen molar-refractivity contribution in [2.24, 2.45) is 0 Å². The number of rotatable bonds is 4. The Balaban J connectivity index is 1.84. The van der Waals surface area contributed by atoms with Gasteiger partial charge in [0.05, 0.1) is 4.92 Å². The van der Waals surface area contributed by atoms with Crippen molar-refractivity contribution in [3.05, 3.63) is 39.9 Å². The van der Waals surface area contributed by atoms with Crippen LogP contribution >= 0.6 is 11.8 Å². The Kier molecular flexibility index (Phi) is 4.52. The van der Waals surface area contributed by atoms with E-state index < -0.39 is 0 Å².